The van der Waals surface area contributed by atoms with Crippen LogP contribution in [0.2, 0.25) is 0 Å². The molecule has 0 spiro atoms. The summed E-state index contributed by atoms with van der Waals surface area (Å²) in [5, 5.41) is 8.52. The van der Waals surface area contributed by atoms with Crippen molar-refractivity contribution in [2.75, 3.05) is 39.0 Å². The van der Waals surface area contributed by atoms with Gasteiger partial charge in [0.25, 0.3) is 0 Å². The molecule has 0 aromatic heterocycles. The van der Waals surface area contributed by atoms with Crippen molar-refractivity contribution in [2.24, 2.45) is 5.73 Å². The smallest absolute Gasteiger partial charge is 0.303 e. The molecule has 0 saturated carbocycles. The molecule has 0 aliphatic carbocycles. The lowest BCUT2D eigenvalue weighted by Crippen LogP contribution is -2.57. The molecule has 1 unspecified atom stereocenters. The topological polar surface area (TPSA) is 104 Å². The van der Waals surface area contributed by atoms with Crippen molar-refractivity contribution in [1.82, 2.24) is 9.21 Å². The molecular weight excluding hydrogens is 258 g/mol. The molecule has 7 nitrogen and oxygen atoms in total. The van der Waals surface area contributed by atoms with Gasteiger partial charge in [-0.2, -0.15) is 4.31 Å². The number of hydrogen-bond acceptors (Lipinski definition) is 5. The Morgan fingerprint density at radius 3 is 2.67 bits per heavy atom. The van der Waals surface area contributed by atoms with Crippen LogP contribution in [0.1, 0.15) is 12.8 Å². The van der Waals surface area contributed by atoms with Gasteiger partial charge in [-0.1, -0.05) is 0 Å². The second-order valence-electron chi connectivity index (χ2n) is 4.58. The lowest BCUT2D eigenvalue weighted by Gasteiger charge is -2.38. The van der Waals surface area contributed by atoms with Crippen LogP contribution in [0.3, 0.4) is 0 Å². The standard InChI is InChI=1S/C10H21N3O4S/c1-12-4-5-13(9(7-11)8-12)18(16,17)6-2-3-10(14)15/h9H,2-8,11H2,1H3,(H,14,15). The minimum Gasteiger partial charge on any atom is -0.481 e. The largest absolute Gasteiger partial charge is 0.481 e. The van der Waals surface area contributed by atoms with Crippen molar-refractivity contribution in [1.29, 1.82) is 0 Å². The van der Waals surface area contributed by atoms with Gasteiger partial charge in [0.05, 0.1) is 5.75 Å². The summed E-state index contributed by atoms with van der Waals surface area (Å²) in [6, 6.07) is -0.210. The van der Waals surface area contributed by atoms with Gasteiger partial charge in [0.15, 0.2) is 0 Å². The minimum atomic E-state index is -3.40. The number of carboxylic acid groups (broad SMARTS) is 1. The van der Waals surface area contributed by atoms with Gasteiger partial charge in [-0.3, -0.25) is 4.79 Å². The Balaban J connectivity index is 2.62. The molecule has 3 N–H and O–H groups in total. The minimum absolute atomic E-state index is 0.125. The molecule has 1 aliphatic heterocycles. The zero-order chi connectivity index (χ0) is 13.8. The number of nitrogens with two attached hydrogens (primary N) is 1. The van der Waals surface area contributed by atoms with Gasteiger partial charge < -0.3 is 15.7 Å². The highest BCUT2D eigenvalue weighted by Crippen LogP contribution is 2.14. The average Bonchev–Trinajstić information content (AvgIpc) is 2.27. The molecule has 1 fully saturated rings. The Hall–Kier alpha value is -0.700. The van der Waals surface area contributed by atoms with Crippen molar-refractivity contribution < 1.29 is 18.3 Å². The lowest BCUT2D eigenvalue weighted by atomic mass is 10.2. The predicted octanol–water partition coefficient (Wildman–Crippen LogP) is -1.24. The molecule has 8 heteroatoms. The number of hydrogen-bond donors (Lipinski definition) is 2. The van der Waals surface area contributed by atoms with Gasteiger partial charge in [-0.05, 0) is 13.5 Å². The third-order valence-corrected chi connectivity index (χ3v) is 5.05. The first-order valence-corrected chi connectivity index (χ1v) is 7.57. The van der Waals surface area contributed by atoms with Crippen molar-refractivity contribution >= 4 is 16.0 Å². The summed E-state index contributed by atoms with van der Waals surface area (Å²) < 4.78 is 25.6. The maximum absolute atomic E-state index is 12.1. The van der Waals surface area contributed by atoms with Gasteiger partial charge >= 0.3 is 5.97 Å². The Bertz CT molecular complexity index is 385. The second-order valence-corrected chi connectivity index (χ2v) is 6.62. The molecule has 1 heterocycles. The van der Waals surface area contributed by atoms with E-state index < -0.39 is 16.0 Å². The maximum Gasteiger partial charge on any atom is 0.303 e. The van der Waals surface area contributed by atoms with E-state index in [0.717, 1.165) is 0 Å². The number of likely N-dealkylation sites (N-methyl/N-ethyl adjacent to an activating group) is 1. The Morgan fingerprint density at radius 1 is 1.44 bits per heavy atom. The first-order valence-electron chi connectivity index (χ1n) is 5.96. The molecular formula is C10H21N3O4S. The van der Waals surface area contributed by atoms with Crippen LogP contribution in [0, 0.1) is 0 Å². The van der Waals surface area contributed by atoms with Crippen molar-refractivity contribution in [3.8, 4) is 0 Å². The summed E-state index contributed by atoms with van der Waals surface area (Å²) in [6.07, 6.45) is 0.0154. The van der Waals surface area contributed by atoms with Gasteiger partial charge in [0.1, 0.15) is 0 Å². The molecule has 1 saturated heterocycles. The van der Waals surface area contributed by atoms with E-state index in [0.29, 0.717) is 19.6 Å². The van der Waals surface area contributed by atoms with E-state index in [4.69, 9.17) is 10.8 Å². The van der Waals surface area contributed by atoms with Crippen LogP contribution in [0.15, 0.2) is 0 Å². The van der Waals surface area contributed by atoms with E-state index in [2.05, 4.69) is 0 Å². The predicted molar refractivity (Wildman–Crippen MR) is 67.7 cm³/mol. The van der Waals surface area contributed by atoms with Crippen LogP contribution in [0.4, 0.5) is 0 Å². The van der Waals surface area contributed by atoms with E-state index >= 15 is 0 Å². The van der Waals surface area contributed by atoms with Gasteiger partial charge in [0, 0.05) is 38.6 Å². The number of rotatable bonds is 6. The summed E-state index contributed by atoms with van der Waals surface area (Å²) in [4.78, 5) is 12.4. The number of carboxylic acids is 1. The number of sulfonamides is 1. The van der Waals surface area contributed by atoms with Gasteiger partial charge in [-0.25, -0.2) is 8.42 Å². The van der Waals surface area contributed by atoms with Crippen molar-refractivity contribution in [3.05, 3.63) is 0 Å². The van der Waals surface area contributed by atoms with Crippen LogP contribution in [0.5, 0.6) is 0 Å². The normalized spacial score (nSPS) is 23.1. The molecule has 0 amide bonds. The molecule has 1 rings (SSSR count). The van der Waals surface area contributed by atoms with Gasteiger partial charge in [0.2, 0.25) is 10.0 Å². The first kappa shape index (κ1) is 15.4. The van der Waals surface area contributed by atoms with E-state index in [1.807, 2.05) is 11.9 Å². The van der Waals surface area contributed by atoms with Crippen molar-refractivity contribution in [2.45, 2.75) is 18.9 Å². The van der Waals surface area contributed by atoms with Crippen LogP contribution in [0.25, 0.3) is 0 Å². The number of carbonyl (C=O) groups is 1. The third-order valence-electron chi connectivity index (χ3n) is 3.05. The Labute approximate surface area is 108 Å². The summed E-state index contributed by atoms with van der Waals surface area (Å²) in [5.74, 6) is -1.10. The monoisotopic (exact) mass is 279 g/mol. The van der Waals surface area contributed by atoms with E-state index in [1.165, 1.54) is 4.31 Å². The molecule has 0 aromatic rings. The fourth-order valence-corrected chi connectivity index (χ4v) is 3.79. The molecule has 0 radical (unpaired) electrons. The van der Waals surface area contributed by atoms with Crippen LogP contribution in [-0.2, 0) is 14.8 Å². The van der Waals surface area contributed by atoms with Crippen LogP contribution >= 0.6 is 0 Å². The third kappa shape index (κ3) is 4.20. The number of piperazine rings is 1. The van der Waals surface area contributed by atoms with Gasteiger partial charge in [-0.15, -0.1) is 0 Å². The quantitative estimate of drug-likeness (QED) is 0.630. The Morgan fingerprint density at radius 2 is 2.11 bits per heavy atom. The average molecular weight is 279 g/mol. The zero-order valence-corrected chi connectivity index (χ0v) is 11.4. The molecule has 1 atom stereocenters. The highest BCUT2D eigenvalue weighted by molar-refractivity contribution is 7.89. The fourth-order valence-electron chi connectivity index (χ4n) is 2.08. The summed E-state index contributed by atoms with van der Waals surface area (Å²) in [6.45, 7) is 2.00. The SMILES string of the molecule is CN1CCN(S(=O)(=O)CCCC(=O)O)C(CN)C1. The lowest BCUT2D eigenvalue weighted by molar-refractivity contribution is -0.137. The summed E-state index contributed by atoms with van der Waals surface area (Å²) in [5.41, 5.74) is 5.60. The number of nitrogens with zero attached hydrogens (tertiary/aromatic N) is 2. The van der Waals surface area contributed by atoms with Crippen LogP contribution in [-0.4, -0.2) is 73.7 Å². The number of aliphatic carboxylic acids is 1. The highest BCUT2D eigenvalue weighted by atomic mass is 32.2. The molecule has 0 bridgehead atoms. The van der Waals surface area contributed by atoms with E-state index in [1.54, 1.807) is 0 Å². The zero-order valence-electron chi connectivity index (χ0n) is 10.6. The Kier molecular flexibility index (Phi) is 5.51. The molecule has 18 heavy (non-hydrogen) atoms. The molecule has 0 aromatic carbocycles. The molecule has 106 valence electrons. The fraction of sp³-hybridized carbons (Fsp3) is 0.900. The summed E-state index contributed by atoms with van der Waals surface area (Å²) in [7, 11) is -1.47. The summed E-state index contributed by atoms with van der Waals surface area (Å²) >= 11 is 0. The highest BCUT2D eigenvalue weighted by Gasteiger charge is 2.32. The van der Waals surface area contributed by atoms with E-state index in [9.17, 15) is 13.2 Å². The first-order chi connectivity index (χ1) is 8.36. The molecule has 1 aliphatic rings. The second kappa shape index (κ2) is 6.46. The van der Waals surface area contributed by atoms with Crippen LogP contribution < -0.4 is 5.73 Å². The maximum atomic E-state index is 12.1. The van der Waals surface area contributed by atoms with Crippen molar-refractivity contribution in [3.63, 3.8) is 0 Å². The van der Waals surface area contributed by atoms with E-state index in [-0.39, 0.29) is 31.2 Å².